The summed E-state index contributed by atoms with van der Waals surface area (Å²) in [5.41, 5.74) is 2.41. The number of nitrogens with zero attached hydrogens (tertiary/aromatic N) is 4. The Balaban J connectivity index is 1.68. The van der Waals surface area contributed by atoms with Crippen molar-refractivity contribution in [1.29, 1.82) is 0 Å². The van der Waals surface area contributed by atoms with Gasteiger partial charge in [0.15, 0.2) is 0 Å². The predicted octanol–water partition coefficient (Wildman–Crippen LogP) is 0.369. The number of likely N-dealkylation sites (tertiary alicyclic amines) is 1. The maximum atomic E-state index is 12.6. The second-order valence-electron chi connectivity index (χ2n) is 5.65. The molecule has 0 radical (unpaired) electrons. The molecule has 7 heteroatoms. The zero-order valence-corrected chi connectivity index (χ0v) is 12.7. The van der Waals surface area contributed by atoms with Gasteiger partial charge in [-0.15, -0.1) is 0 Å². The van der Waals surface area contributed by atoms with Gasteiger partial charge in [-0.25, -0.2) is 4.79 Å². The summed E-state index contributed by atoms with van der Waals surface area (Å²) in [7, 11) is 0. The molecular weight excluding hydrogens is 270 g/mol. The smallest absolute Gasteiger partial charge is 0.317 e. The first kappa shape index (κ1) is 13.9. The summed E-state index contributed by atoms with van der Waals surface area (Å²) >= 11 is 0. The number of hydrogen-bond acceptors (Lipinski definition) is 3. The average molecular weight is 291 g/mol. The van der Waals surface area contributed by atoms with Crippen molar-refractivity contribution in [2.45, 2.75) is 33.4 Å². The molecular formula is C14H21N5O2. The number of urea groups is 1. The molecule has 3 rings (SSSR count). The van der Waals surface area contributed by atoms with Crippen LogP contribution in [0.4, 0.5) is 4.79 Å². The minimum atomic E-state index is -0.0155. The SMILES string of the molecule is CCn1nc(C)c(C(=O)N2CC(N3CCNC3=O)C2)c1C. The van der Waals surface area contributed by atoms with Crippen LogP contribution < -0.4 is 5.32 Å². The largest absolute Gasteiger partial charge is 0.336 e. The van der Waals surface area contributed by atoms with Gasteiger partial charge in [0.05, 0.1) is 17.3 Å². The fourth-order valence-corrected chi connectivity index (χ4v) is 3.13. The molecule has 0 spiro atoms. The topological polar surface area (TPSA) is 70.5 Å². The van der Waals surface area contributed by atoms with Gasteiger partial charge in [-0.1, -0.05) is 0 Å². The van der Waals surface area contributed by atoms with Gasteiger partial charge in [0.25, 0.3) is 5.91 Å². The maximum absolute atomic E-state index is 12.6. The van der Waals surface area contributed by atoms with Crippen LogP contribution in [-0.2, 0) is 6.54 Å². The molecule has 0 unspecified atom stereocenters. The zero-order chi connectivity index (χ0) is 15.1. The molecule has 0 aliphatic carbocycles. The number of aromatic nitrogens is 2. The molecule has 1 aromatic heterocycles. The van der Waals surface area contributed by atoms with Crippen molar-refractivity contribution in [3.05, 3.63) is 17.0 Å². The molecule has 3 amide bonds. The van der Waals surface area contributed by atoms with Crippen molar-refractivity contribution in [3.63, 3.8) is 0 Å². The summed E-state index contributed by atoms with van der Waals surface area (Å²) in [6.45, 7) is 9.24. The van der Waals surface area contributed by atoms with E-state index in [0.717, 1.165) is 24.5 Å². The molecule has 1 aromatic rings. The number of carbonyl (C=O) groups is 2. The molecule has 2 fully saturated rings. The van der Waals surface area contributed by atoms with Crippen molar-refractivity contribution >= 4 is 11.9 Å². The van der Waals surface area contributed by atoms with Gasteiger partial charge in [0.1, 0.15) is 0 Å². The summed E-state index contributed by atoms with van der Waals surface area (Å²) < 4.78 is 1.85. The number of hydrogen-bond donors (Lipinski definition) is 1. The van der Waals surface area contributed by atoms with Gasteiger partial charge in [-0.05, 0) is 20.8 Å². The average Bonchev–Trinajstić information content (AvgIpc) is 2.92. The summed E-state index contributed by atoms with van der Waals surface area (Å²) in [6.07, 6.45) is 0. The molecule has 1 N–H and O–H groups in total. The van der Waals surface area contributed by atoms with Crippen LogP contribution in [0.25, 0.3) is 0 Å². The minimum Gasteiger partial charge on any atom is -0.336 e. The number of aryl methyl sites for hydroxylation is 2. The number of amides is 3. The van der Waals surface area contributed by atoms with Crippen LogP contribution in [0.1, 0.15) is 28.7 Å². The molecule has 21 heavy (non-hydrogen) atoms. The quantitative estimate of drug-likeness (QED) is 0.874. The lowest BCUT2D eigenvalue weighted by Crippen LogP contribution is -2.61. The van der Waals surface area contributed by atoms with Crippen molar-refractivity contribution in [3.8, 4) is 0 Å². The number of carbonyl (C=O) groups excluding carboxylic acids is 2. The van der Waals surface area contributed by atoms with Crippen molar-refractivity contribution < 1.29 is 9.59 Å². The Labute approximate surface area is 123 Å². The third-order valence-electron chi connectivity index (χ3n) is 4.37. The molecule has 2 aliphatic rings. The number of nitrogens with one attached hydrogen (secondary N) is 1. The van der Waals surface area contributed by atoms with Crippen LogP contribution in [0.2, 0.25) is 0 Å². The van der Waals surface area contributed by atoms with E-state index in [0.29, 0.717) is 25.2 Å². The van der Waals surface area contributed by atoms with Gasteiger partial charge in [0, 0.05) is 38.4 Å². The van der Waals surface area contributed by atoms with E-state index in [1.54, 1.807) is 4.90 Å². The van der Waals surface area contributed by atoms with Crippen LogP contribution in [0.5, 0.6) is 0 Å². The lowest BCUT2D eigenvalue weighted by atomic mass is 10.0. The Morgan fingerprint density at radius 3 is 2.62 bits per heavy atom. The van der Waals surface area contributed by atoms with Crippen LogP contribution in [0.3, 0.4) is 0 Å². The molecule has 0 aromatic carbocycles. The third-order valence-corrected chi connectivity index (χ3v) is 4.37. The van der Waals surface area contributed by atoms with E-state index < -0.39 is 0 Å². The second-order valence-corrected chi connectivity index (χ2v) is 5.65. The maximum Gasteiger partial charge on any atom is 0.317 e. The first-order valence-corrected chi connectivity index (χ1v) is 7.40. The molecule has 0 bridgehead atoms. The monoisotopic (exact) mass is 291 g/mol. The first-order chi connectivity index (χ1) is 10.0. The lowest BCUT2D eigenvalue weighted by Gasteiger charge is -2.43. The standard InChI is InChI=1S/C14H21N5O2/c1-4-19-10(3)12(9(2)16-19)13(20)17-7-11(8-17)18-6-5-15-14(18)21/h11H,4-8H2,1-3H3,(H,15,21). The summed E-state index contributed by atoms with van der Waals surface area (Å²) in [5.74, 6) is 0.0283. The highest BCUT2D eigenvalue weighted by molar-refractivity contribution is 5.97. The van der Waals surface area contributed by atoms with Crippen molar-refractivity contribution in [1.82, 2.24) is 24.9 Å². The molecule has 2 saturated heterocycles. The van der Waals surface area contributed by atoms with Crippen LogP contribution in [-0.4, -0.2) is 63.7 Å². The fraction of sp³-hybridized carbons (Fsp3) is 0.643. The zero-order valence-electron chi connectivity index (χ0n) is 12.7. The Kier molecular flexibility index (Phi) is 3.35. The minimum absolute atomic E-state index is 0.0155. The molecule has 2 aliphatic heterocycles. The summed E-state index contributed by atoms with van der Waals surface area (Å²) in [6, 6.07) is 0.136. The van der Waals surface area contributed by atoms with Gasteiger partial charge >= 0.3 is 6.03 Å². The van der Waals surface area contributed by atoms with Crippen LogP contribution >= 0.6 is 0 Å². The molecule has 0 saturated carbocycles. The molecule has 7 nitrogen and oxygen atoms in total. The predicted molar refractivity (Wildman–Crippen MR) is 77.2 cm³/mol. The molecule has 3 heterocycles. The first-order valence-electron chi connectivity index (χ1n) is 7.40. The number of rotatable bonds is 3. The highest BCUT2D eigenvalue weighted by Gasteiger charge is 2.40. The highest BCUT2D eigenvalue weighted by Crippen LogP contribution is 2.22. The van der Waals surface area contributed by atoms with Gasteiger partial charge in [-0.2, -0.15) is 5.10 Å². The van der Waals surface area contributed by atoms with E-state index in [1.165, 1.54) is 0 Å². The van der Waals surface area contributed by atoms with Crippen molar-refractivity contribution in [2.75, 3.05) is 26.2 Å². The normalized spacial score (nSPS) is 18.9. The van der Waals surface area contributed by atoms with E-state index in [-0.39, 0.29) is 18.0 Å². The van der Waals surface area contributed by atoms with E-state index in [2.05, 4.69) is 10.4 Å². The Bertz CT molecular complexity index is 588. The van der Waals surface area contributed by atoms with Gasteiger partial charge in [0.2, 0.25) is 0 Å². The van der Waals surface area contributed by atoms with Crippen molar-refractivity contribution in [2.24, 2.45) is 0 Å². The Hall–Kier alpha value is -2.05. The second kappa shape index (κ2) is 5.05. The van der Waals surface area contributed by atoms with E-state index in [4.69, 9.17) is 0 Å². The Morgan fingerprint density at radius 2 is 2.10 bits per heavy atom. The lowest BCUT2D eigenvalue weighted by molar-refractivity contribution is 0.0405. The van der Waals surface area contributed by atoms with Crippen LogP contribution in [0, 0.1) is 13.8 Å². The van der Waals surface area contributed by atoms with E-state index in [9.17, 15) is 9.59 Å². The van der Waals surface area contributed by atoms with E-state index in [1.807, 2.05) is 30.4 Å². The summed E-state index contributed by atoms with van der Waals surface area (Å²) in [5, 5.41) is 7.19. The van der Waals surface area contributed by atoms with Gasteiger partial charge < -0.3 is 15.1 Å². The Morgan fingerprint density at radius 1 is 1.38 bits per heavy atom. The fourth-order valence-electron chi connectivity index (χ4n) is 3.13. The summed E-state index contributed by atoms with van der Waals surface area (Å²) in [4.78, 5) is 27.8. The molecule has 0 atom stereocenters. The molecule has 114 valence electrons. The highest BCUT2D eigenvalue weighted by atomic mass is 16.2. The van der Waals surface area contributed by atoms with Crippen LogP contribution in [0.15, 0.2) is 0 Å². The third kappa shape index (κ3) is 2.16. The van der Waals surface area contributed by atoms with Gasteiger partial charge in [-0.3, -0.25) is 9.48 Å². The van der Waals surface area contributed by atoms with E-state index >= 15 is 0 Å².